The van der Waals surface area contributed by atoms with Crippen LogP contribution < -0.4 is 5.32 Å². The van der Waals surface area contributed by atoms with Crippen LogP contribution in [0.1, 0.15) is 22.3 Å². The van der Waals surface area contributed by atoms with E-state index in [9.17, 15) is 35.1 Å². The molecule has 136 valence electrons. The van der Waals surface area contributed by atoms with Gasteiger partial charge in [-0.25, -0.2) is 8.78 Å². The Morgan fingerprint density at radius 1 is 0.640 bits per heavy atom. The first kappa shape index (κ1) is 19.2. The van der Waals surface area contributed by atoms with Crippen LogP contribution in [0, 0.1) is 11.6 Å². The summed E-state index contributed by atoms with van der Waals surface area (Å²) in [6.45, 7) is -1.43. The van der Waals surface area contributed by atoms with Crippen molar-refractivity contribution >= 4 is 0 Å². The molecule has 0 heterocycles. The molecule has 0 unspecified atom stereocenters. The van der Waals surface area contributed by atoms with E-state index in [-0.39, 0.29) is 0 Å². The van der Waals surface area contributed by atoms with Gasteiger partial charge in [0.05, 0.1) is 11.1 Å². The van der Waals surface area contributed by atoms with E-state index < -0.39 is 59.3 Å². The SMILES string of the molecule is Fc1cccc(C(F)(F)F)c1CNCc1c(F)cccc1C(F)(F)F. The molecule has 2 rings (SSSR count). The second kappa shape index (κ2) is 6.99. The molecule has 1 nitrogen and oxygen atoms in total. The quantitative estimate of drug-likeness (QED) is 0.722. The van der Waals surface area contributed by atoms with Crippen LogP contribution in [0.2, 0.25) is 0 Å². The summed E-state index contributed by atoms with van der Waals surface area (Å²) in [5.41, 5.74) is -3.99. The van der Waals surface area contributed by atoms with Crippen LogP contribution in [0.25, 0.3) is 0 Å². The van der Waals surface area contributed by atoms with Crippen molar-refractivity contribution in [2.45, 2.75) is 25.4 Å². The molecule has 0 radical (unpaired) electrons. The lowest BCUT2D eigenvalue weighted by molar-refractivity contribution is -0.139. The van der Waals surface area contributed by atoms with Crippen molar-refractivity contribution in [2.24, 2.45) is 0 Å². The highest BCUT2D eigenvalue weighted by atomic mass is 19.4. The molecule has 0 aliphatic heterocycles. The third kappa shape index (κ3) is 4.47. The van der Waals surface area contributed by atoms with Gasteiger partial charge in [-0.1, -0.05) is 12.1 Å². The Morgan fingerprint density at radius 2 is 1.00 bits per heavy atom. The zero-order valence-electron chi connectivity index (χ0n) is 12.4. The van der Waals surface area contributed by atoms with Crippen LogP contribution in [-0.2, 0) is 25.4 Å². The number of hydrogen-bond donors (Lipinski definition) is 1. The van der Waals surface area contributed by atoms with Crippen LogP contribution in [-0.4, -0.2) is 0 Å². The van der Waals surface area contributed by atoms with Crippen molar-refractivity contribution in [3.8, 4) is 0 Å². The highest BCUT2D eigenvalue weighted by Crippen LogP contribution is 2.34. The first-order valence-corrected chi connectivity index (χ1v) is 6.91. The number of rotatable bonds is 4. The summed E-state index contributed by atoms with van der Waals surface area (Å²) in [5, 5.41) is 2.24. The van der Waals surface area contributed by atoms with E-state index in [4.69, 9.17) is 0 Å². The van der Waals surface area contributed by atoms with Crippen molar-refractivity contribution in [3.05, 3.63) is 70.3 Å². The van der Waals surface area contributed by atoms with Gasteiger partial charge in [-0.15, -0.1) is 0 Å². The molecule has 0 atom stereocenters. The smallest absolute Gasteiger partial charge is 0.308 e. The largest absolute Gasteiger partial charge is 0.416 e. The predicted octanol–water partition coefficient (Wildman–Crippen LogP) is 5.29. The minimum atomic E-state index is -4.83. The second-order valence-corrected chi connectivity index (χ2v) is 5.13. The Bertz CT molecular complexity index is 685. The molecule has 9 heteroatoms. The molecule has 0 fully saturated rings. The van der Waals surface area contributed by atoms with Gasteiger partial charge in [0.15, 0.2) is 0 Å². The van der Waals surface area contributed by atoms with Gasteiger partial charge in [-0.3, -0.25) is 0 Å². The van der Waals surface area contributed by atoms with Gasteiger partial charge in [0.25, 0.3) is 0 Å². The number of benzene rings is 2. The van der Waals surface area contributed by atoms with Gasteiger partial charge in [0.1, 0.15) is 11.6 Å². The minimum Gasteiger partial charge on any atom is -0.308 e. The van der Waals surface area contributed by atoms with Gasteiger partial charge >= 0.3 is 12.4 Å². The molecule has 25 heavy (non-hydrogen) atoms. The van der Waals surface area contributed by atoms with Crippen LogP contribution in [0.4, 0.5) is 35.1 Å². The van der Waals surface area contributed by atoms with Crippen molar-refractivity contribution in [1.29, 1.82) is 0 Å². The summed E-state index contributed by atoms with van der Waals surface area (Å²) in [7, 11) is 0. The molecule has 0 saturated heterocycles. The lowest BCUT2D eigenvalue weighted by Crippen LogP contribution is -2.21. The van der Waals surface area contributed by atoms with Gasteiger partial charge < -0.3 is 5.32 Å². The molecule has 2 aromatic rings. The standard InChI is InChI=1S/C16H11F8N/c17-13-5-1-3-11(15(19,20)21)9(13)7-25-8-10-12(16(22,23)24)4-2-6-14(10)18/h1-6,25H,7-8H2. The van der Waals surface area contributed by atoms with Crippen LogP contribution in [0.15, 0.2) is 36.4 Å². The minimum absolute atomic E-state index is 0.657. The first-order valence-electron chi connectivity index (χ1n) is 6.91. The van der Waals surface area contributed by atoms with E-state index in [2.05, 4.69) is 5.32 Å². The summed E-state index contributed by atoms with van der Waals surface area (Å²) >= 11 is 0. The molecule has 0 aliphatic rings. The van der Waals surface area contributed by atoms with Crippen molar-refractivity contribution in [1.82, 2.24) is 5.32 Å². The van der Waals surface area contributed by atoms with Gasteiger partial charge in [-0.2, -0.15) is 26.3 Å². The van der Waals surface area contributed by atoms with E-state index in [1.807, 2.05) is 0 Å². The molecule has 1 N–H and O–H groups in total. The fraction of sp³-hybridized carbons (Fsp3) is 0.250. The Hall–Kier alpha value is -2.16. The highest BCUT2D eigenvalue weighted by molar-refractivity contribution is 5.33. The van der Waals surface area contributed by atoms with E-state index >= 15 is 0 Å². The van der Waals surface area contributed by atoms with E-state index in [0.717, 1.165) is 24.3 Å². The highest BCUT2D eigenvalue weighted by Gasteiger charge is 2.35. The molecule has 0 bridgehead atoms. The average Bonchev–Trinajstić information content (AvgIpc) is 2.48. The lowest BCUT2D eigenvalue weighted by Gasteiger charge is -2.16. The zero-order valence-corrected chi connectivity index (χ0v) is 12.4. The van der Waals surface area contributed by atoms with E-state index in [1.165, 1.54) is 0 Å². The fourth-order valence-electron chi connectivity index (χ4n) is 2.32. The molecule has 0 saturated carbocycles. The van der Waals surface area contributed by atoms with Crippen molar-refractivity contribution in [3.63, 3.8) is 0 Å². The van der Waals surface area contributed by atoms with Crippen molar-refractivity contribution in [2.75, 3.05) is 0 Å². The van der Waals surface area contributed by atoms with Crippen LogP contribution >= 0.6 is 0 Å². The first-order chi connectivity index (χ1) is 11.5. The monoisotopic (exact) mass is 369 g/mol. The Morgan fingerprint density at radius 3 is 1.32 bits per heavy atom. The summed E-state index contributed by atoms with van der Waals surface area (Å²) < 4.78 is 104. The topological polar surface area (TPSA) is 12.0 Å². The maximum absolute atomic E-state index is 13.7. The Labute approximate surface area is 137 Å². The maximum atomic E-state index is 13.7. The van der Waals surface area contributed by atoms with E-state index in [0.29, 0.717) is 12.1 Å². The number of alkyl halides is 6. The van der Waals surface area contributed by atoms with Crippen molar-refractivity contribution < 1.29 is 35.1 Å². The number of halogens is 8. The molecule has 0 aromatic heterocycles. The molecular formula is C16H11F8N. The summed E-state index contributed by atoms with van der Waals surface area (Å²) in [6, 6.07) is 4.67. The number of nitrogens with one attached hydrogen (secondary N) is 1. The third-order valence-corrected chi connectivity index (χ3v) is 3.45. The van der Waals surface area contributed by atoms with Gasteiger partial charge in [0.2, 0.25) is 0 Å². The van der Waals surface area contributed by atoms with Crippen LogP contribution in [0.3, 0.4) is 0 Å². The normalized spacial score (nSPS) is 12.5. The van der Waals surface area contributed by atoms with Gasteiger partial charge in [0, 0.05) is 24.2 Å². The Kier molecular flexibility index (Phi) is 5.36. The maximum Gasteiger partial charge on any atom is 0.416 e. The zero-order chi connectivity index (χ0) is 18.8. The van der Waals surface area contributed by atoms with Gasteiger partial charge in [-0.05, 0) is 24.3 Å². The van der Waals surface area contributed by atoms with E-state index in [1.54, 1.807) is 0 Å². The van der Waals surface area contributed by atoms with Crippen LogP contribution in [0.5, 0.6) is 0 Å². The molecule has 0 spiro atoms. The Balaban J connectivity index is 2.24. The molecule has 0 aliphatic carbocycles. The third-order valence-electron chi connectivity index (χ3n) is 3.45. The molecule has 2 aromatic carbocycles. The molecular weight excluding hydrogens is 358 g/mol. The number of hydrogen-bond acceptors (Lipinski definition) is 1. The lowest BCUT2D eigenvalue weighted by atomic mass is 10.0. The summed E-state index contributed by atoms with van der Waals surface area (Å²) in [4.78, 5) is 0. The summed E-state index contributed by atoms with van der Waals surface area (Å²) in [5.74, 6) is -2.32. The average molecular weight is 369 g/mol. The predicted molar refractivity (Wildman–Crippen MR) is 73.3 cm³/mol. The molecule has 0 amide bonds. The second-order valence-electron chi connectivity index (χ2n) is 5.13. The summed E-state index contributed by atoms with van der Waals surface area (Å²) in [6.07, 6.45) is -9.65. The fourth-order valence-corrected chi connectivity index (χ4v) is 2.32.